The van der Waals surface area contributed by atoms with E-state index in [0.717, 1.165) is 0 Å². The van der Waals surface area contributed by atoms with Crippen LogP contribution in [0.1, 0.15) is 10.4 Å². The van der Waals surface area contributed by atoms with E-state index in [1.54, 1.807) is 18.3 Å². The Balaban J connectivity index is 2.39. The van der Waals surface area contributed by atoms with Crippen molar-refractivity contribution in [1.29, 1.82) is 0 Å². The Hall–Kier alpha value is -1.85. The monoisotopic (exact) mass is 236 g/mol. The fraction of sp³-hybridized carbons (Fsp3) is 0. The van der Waals surface area contributed by atoms with Crippen molar-refractivity contribution >= 4 is 17.5 Å². The van der Waals surface area contributed by atoms with Crippen LogP contribution in [0.2, 0.25) is 5.02 Å². The van der Waals surface area contributed by atoms with Crippen molar-refractivity contribution in [3.05, 3.63) is 47.2 Å². The summed E-state index contributed by atoms with van der Waals surface area (Å²) in [6.45, 7) is 0. The van der Waals surface area contributed by atoms with Crippen molar-refractivity contribution in [3.8, 4) is 5.69 Å². The highest BCUT2D eigenvalue weighted by atomic mass is 35.5. The molecule has 0 spiro atoms. The summed E-state index contributed by atoms with van der Waals surface area (Å²) in [6, 6.07) is 7.22. The lowest BCUT2D eigenvalue weighted by molar-refractivity contribution is 0.0953. The molecule has 0 unspecified atom stereocenters. The first-order valence-electron chi connectivity index (χ1n) is 4.53. The van der Waals surface area contributed by atoms with Gasteiger partial charge in [-0.05, 0) is 12.1 Å². The average molecular weight is 237 g/mol. The standard InChI is InChI=1S/C10H9ClN4O/c11-8-3-1-2-4-9(8)15-6-7(5-13-15)10(16)14-12/h1-6H,12H2,(H,14,16). The predicted octanol–water partition coefficient (Wildman–Crippen LogP) is 1.13. The number of carbonyl (C=O) groups excluding carboxylic acids is 1. The van der Waals surface area contributed by atoms with Gasteiger partial charge in [0, 0.05) is 6.20 Å². The van der Waals surface area contributed by atoms with Gasteiger partial charge in [-0.25, -0.2) is 10.5 Å². The van der Waals surface area contributed by atoms with E-state index in [-0.39, 0.29) is 0 Å². The van der Waals surface area contributed by atoms with E-state index in [2.05, 4.69) is 5.10 Å². The van der Waals surface area contributed by atoms with Crippen LogP contribution in [-0.4, -0.2) is 15.7 Å². The van der Waals surface area contributed by atoms with Gasteiger partial charge in [-0.3, -0.25) is 10.2 Å². The van der Waals surface area contributed by atoms with E-state index in [1.807, 2.05) is 17.6 Å². The molecule has 0 bridgehead atoms. The number of nitrogens with one attached hydrogen (secondary N) is 1. The van der Waals surface area contributed by atoms with Crippen LogP contribution in [-0.2, 0) is 0 Å². The van der Waals surface area contributed by atoms with E-state index in [0.29, 0.717) is 16.3 Å². The number of aromatic nitrogens is 2. The fourth-order valence-corrected chi connectivity index (χ4v) is 1.51. The Bertz CT molecular complexity index is 523. The third-order valence-electron chi connectivity index (χ3n) is 2.08. The Kier molecular flexibility index (Phi) is 2.89. The van der Waals surface area contributed by atoms with Crippen LogP contribution in [0.15, 0.2) is 36.7 Å². The molecule has 0 aliphatic carbocycles. The molecule has 1 aromatic heterocycles. The lowest BCUT2D eigenvalue weighted by atomic mass is 10.3. The molecule has 6 heteroatoms. The normalized spacial score (nSPS) is 10.1. The Morgan fingerprint density at radius 3 is 2.88 bits per heavy atom. The lowest BCUT2D eigenvalue weighted by Crippen LogP contribution is -2.29. The molecule has 0 saturated heterocycles. The highest BCUT2D eigenvalue weighted by Crippen LogP contribution is 2.19. The minimum Gasteiger partial charge on any atom is -0.290 e. The molecule has 0 atom stereocenters. The van der Waals surface area contributed by atoms with Gasteiger partial charge in [0.2, 0.25) is 0 Å². The molecule has 5 nitrogen and oxygen atoms in total. The Morgan fingerprint density at radius 1 is 1.44 bits per heavy atom. The van der Waals surface area contributed by atoms with Gasteiger partial charge in [0.15, 0.2) is 0 Å². The summed E-state index contributed by atoms with van der Waals surface area (Å²) in [4.78, 5) is 11.2. The topological polar surface area (TPSA) is 72.9 Å². The van der Waals surface area contributed by atoms with E-state index >= 15 is 0 Å². The maximum absolute atomic E-state index is 11.2. The molecule has 0 aliphatic rings. The summed E-state index contributed by atoms with van der Waals surface area (Å²) < 4.78 is 1.52. The Labute approximate surface area is 96.8 Å². The number of hydrogen-bond acceptors (Lipinski definition) is 3. The summed E-state index contributed by atoms with van der Waals surface area (Å²) in [5, 5.41) is 4.59. The molecule has 2 aromatic rings. The Morgan fingerprint density at radius 2 is 2.19 bits per heavy atom. The molecule has 1 amide bonds. The highest BCUT2D eigenvalue weighted by molar-refractivity contribution is 6.32. The van der Waals surface area contributed by atoms with Gasteiger partial charge in [0.1, 0.15) is 0 Å². The number of hydrogen-bond donors (Lipinski definition) is 2. The highest BCUT2D eigenvalue weighted by Gasteiger charge is 2.08. The zero-order chi connectivity index (χ0) is 11.5. The van der Waals surface area contributed by atoms with E-state index < -0.39 is 5.91 Å². The van der Waals surface area contributed by atoms with Crippen LogP contribution < -0.4 is 11.3 Å². The van der Waals surface area contributed by atoms with Crippen molar-refractivity contribution < 1.29 is 4.79 Å². The smallest absolute Gasteiger partial charge is 0.268 e. The van der Waals surface area contributed by atoms with Crippen molar-refractivity contribution in [1.82, 2.24) is 15.2 Å². The summed E-state index contributed by atoms with van der Waals surface area (Å²) in [5.41, 5.74) is 3.12. The van der Waals surface area contributed by atoms with Crippen LogP contribution >= 0.6 is 11.6 Å². The number of benzene rings is 1. The molecule has 0 saturated carbocycles. The van der Waals surface area contributed by atoms with Gasteiger partial charge in [-0.15, -0.1) is 0 Å². The van der Waals surface area contributed by atoms with Gasteiger partial charge < -0.3 is 0 Å². The molecule has 82 valence electrons. The molecule has 3 N–H and O–H groups in total. The molecular weight excluding hydrogens is 228 g/mol. The van der Waals surface area contributed by atoms with Gasteiger partial charge in [0.05, 0.1) is 22.5 Å². The first-order valence-corrected chi connectivity index (χ1v) is 4.90. The maximum atomic E-state index is 11.2. The molecule has 0 radical (unpaired) electrons. The number of nitrogens with zero attached hydrogens (tertiary/aromatic N) is 2. The van der Waals surface area contributed by atoms with Gasteiger partial charge in [-0.1, -0.05) is 23.7 Å². The average Bonchev–Trinajstić information content (AvgIpc) is 2.78. The number of rotatable bonds is 2. The second-order valence-electron chi connectivity index (χ2n) is 3.10. The molecule has 16 heavy (non-hydrogen) atoms. The number of para-hydroxylation sites is 1. The summed E-state index contributed by atoms with van der Waals surface area (Å²) in [7, 11) is 0. The lowest BCUT2D eigenvalue weighted by Gasteiger charge is -2.02. The van der Waals surface area contributed by atoms with E-state index in [1.165, 1.54) is 10.9 Å². The predicted molar refractivity (Wildman–Crippen MR) is 60.2 cm³/mol. The number of halogens is 1. The van der Waals surface area contributed by atoms with Crippen LogP contribution in [0.5, 0.6) is 0 Å². The number of carbonyl (C=O) groups is 1. The summed E-state index contributed by atoms with van der Waals surface area (Å²) in [5.74, 6) is 4.63. The second-order valence-corrected chi connectivity index (χ2v) is 3.51. The van der Waals surface area contributed by atoms with Crippen molar-refractivity contribution in [2.45, 2.75) is 0 Å². The summed E-state index contributed by atoms with van der Waals surface area (Å²) in [6.07, 6.45) is 2.98. The minimum atomic E-state index is -0.390. The van der Waals surface area contributed by atoms with Crippen LogP contribution in [0.3, 0.4) is 0 Å². The van der Waals surface area contributed by atoms with Crippen molar-refractivity contribution in [2.24, 2.45) is 5.84 Å². The number of nitrogen functional groups attached to an aromatic ring is 1. The van der Waals surface area contributed by atoms with Gasteiger partial charge in [0.25, 0.3) is 5.91 Å². The molecular formula is C10H9ClN4O. The van der Waals surface area contributed by atoms with Crippen LogP contribution in [0, 0.1) is 0 Å². The largest absolute Gasteiger partial charge is 0.290 e. The van der Waals surface area contributed by atoms with Gasteiger partial charge in [-0.2, -0.15) is 5.10 Å². The zero-order valence-corrected chi connectivity index (χ0v) is 8.98. The second kappa shape index (κ2) is 4.34. The summed E-state index contributed by atoms with van der Waals surface area (Å²) >= 11 is 6.00. The van der Waals surface area contributed by atoms with Crippen molar-refractivity contribution in [3.63, 3.8) is 0 Å². The SMILES string of the molecule is NNC(=O)c1cnn(-c2ccccc2Cl)c1. The van der Waals surface area contributed by atoms with Crippen molar-refractivity contribution in [2.75, 3.05) is 0 Å². The zero-order valence-electron chi connectivity index (χ0n) is 8.22. The maximum Gasteiger partial charge on any atom is 0.268 e. The van der Waals surface area contributed by atoms with E-state index in [9.17, 15) is 4.79 Å². The number of nitrogens with two attached hydrogens (primary N) is 1. The third-order valence-corrected chi connectivity index (χ3v) is 2.39. The molecule has 1 heterocycles. The quantitative estimate of drug-likeness (QED) is 0.466. The minimum absolute atomic E-state index is 0.377. The molecule has 0 fully saturated rings. The molecule has 2 rings (SSSR count). The first kappa shape index (κ1) is 10.7. The molecule has 1 aromatic carbocycles. The molecule has 0 aliphatic heterocycles. The first-order chi connectivity index (χ1) is 7.72. The van der Waals surface area contributed by atoms with Crippen LogP contribution in [0.4, 0.5) is 0 Å². The van der Waals surface area contributed by atoms with Crippen LogP contribution in [0.25, 0.3) is 5.69 Å². The van der Waals surface area contributed by atoms with E-state index in [4.69, 9.17) is 17.4 Å². The number of amides is 1. The number of hydrazine groups is 1. The van der Waals surface area contributed by atoms with Gasteiger partial charge >= 0.3 is 0 Å². The fourth-order valence-electron chi connectivity index (χ4n) is 1.29. The third kappa shape index (κ3) is 1.91.